The van der Waals surface area contributed by atoms with E-state index in [9.17, 15) is 19.5 Å². The van der Waals surface area contributed by atoms with Crippen LogP contribution in [0.15, 0.2) is 60.7 Å². The number of benzene rings is 2. The molecule has 3 N–H and O–H groups in total. The van der Waals surface area contributed by atoms with E-state index in [4.69, 9.17) is 0 Å². The Balaban J connectivity index is 1.40. The summed E-state index contributed by atoms with van der Waals surface area (Å²) in [6, 6.07) is 18.9. The third-order valence-corrected chi connectivity index (χ3v) is 10.2. The highest BCUT2D eigenvalue weighted by Gasteiger charge is 2.76. The summed E-state index contributed by atoms with van der Waals surface area (Å²) in [5.41, 5.74) is 2.00. The molecular formula is C29H35N3O4S. The van der Waals surface area contributed by atoms with Crippen molar-refractivity contribution in [2.45, 2.75) is 61.2 Å². The van der Waals surface area contributed by atoms with E-state index in [2.05, 4.69) is 17.6 Å². The third kappa shape index (κ3) is 4.66. The molecule has 3 heterocycles. The van der Waals surface area contributed by atoms with Gasteiger partial charge in [0, 0.05) is 31.0 Å². The van der Waals surface area contributed by atoms with Crippen LogP contribution in [0, 0.1) is 11.8 Å². The van der Waals surface area contributed by atoms with Crippen molar-refractivity contribution >= 4 is 29.5 Å². The fraction of sp³-hybridized carbons (Fsp3) is 0.483. The van der Waals surface area contributed by atoms with E-state index in [1.165, 1.54) is 0 Å². The van der Waals surface area contributed by atoms with Crippen LogP contribution in [-0.2, 0) is 27.5 Å². The van der Waals surface area contributed by atoms with Crippen molar-refractivity contribution in [1.29, 1.82) is 0 Å². The Bertz CT molecular complexity index is 1150. The number of likely N-dealkylation sites (tertiary alicyclic amines) is 1. The number of rotatable bonds is 10. The summed E-state index contributed by atoms with van der Waals surface area (Å²) in [7, 11) is 0. The lowest BCUT2D eigenvalue weighted by Gasteiger charge is -2.35. The van der Waals surface area contributed by atoms with E-state index in [1.807, 2.05) is 60.7 Å². The number of unbranched alkanes of at least 4 members (excludes halogenated alkanes) is 1. The van der Waals surface area contributed by atoms with Gasteiger partial charge in [-0.1, -0.05) is 60.7 Å². The molecule has 37 heavy (non-hydrogen) atoms. The van der Waals surface area contributed by atoms with Gasteiger partial charge in [0.2, 0.25) is 17.7 Å². The largest absolute Gasteiger partial charge is 0.396 e. The molecule has 0 aromatic heterocycles. The predicted molar refractivity (Wildman–Crippen MR) is 143 cm³/mol. The topological polar surface area (TPSA) is 98.7 Å². The molecule has 3 saturated heterocycles. The first kappa shape index (κ1) is 25.8. The second kappa shape index (κ2) is 10.5. The molecule has 2 unspecified atom stereocenters. The third-order valence-electron chi connectivity index (χ3n) is 8.23. The summed E-state index contributed by atoms with van der Waals surface area (Å²) in [4.78, 5) is 43.1. The molecule has 0 saturated carbocycles. The van der Waals surface area contributed by atoms with Gasteiger partial charge in [-0.15, -0.1) is 11.8 Å². The standard InChI is InChI=1S/C29H35N3O4S/c1-28-14-15-29(37-28)23(22(28)25(34)30-18-20-10-4-2-5-11-20)27(36)32(16-8-9-17-33)24(29)26(35)31-19-21-12-6-3-7-13-21/h2-7,10-13,22-24,33H,8-9,14-19H2,1H3,(H,30,34)(H,31,35)/t22-,23+,24?,28+,29?/m1/s1. The number of hydrogen-bond donors (Lipinski definition) is 3. The molecule has 3 aliphatic heterocycles. The molecule has 196 valence electrons. The second-order valence-corrected chi connectivity index (χ2v) is 12.5. The van der Waals surface area contributed by atoms with Crippen molar-refractivity contribution in [1.82, 2.24) is 15.5 Å². The number of aliphatic hydroxyl groups excluding tert-OH is 1. The Morgan fingerprint density at radius 3 is 2.14 bits per heavy atom. The molecule has 2 aromatic carbocycles. The van der Waals surface area contributed by atoms with E-state index >= 15 is 0 Å². The summed E-state index contributed by atoms with van der Waals surface area (Å²) in [5, 5.41) is 15.5. The first-order valence-corrected chi connectivity index (χ1v) is 14.0. The number of hydrogen-bond acceptors (Lipinski definition) is 5. The lowest BCUT2D eigenvalue weighted by Crippen LogP contribution is -2.53. The van der Waals surface area contributed by atoms with Crippen molar-refractivity contribution in [3.63, 3.8) is 0 Å². The van der Waals surface area contributed by atoms with Gasteiger partial charge in [-0.05, 0) is 43.7 Å². The van der Waals surface area contributed by atoms with Crippen LogP contribution in [0.25, 0.3) is 0 Å². The van der Waals surface area contributed by atoms with Crippen LogP contribution in [0.5, 0.6) is 0 Å². The van der Waals surface area contributed by atoms with Crippen LogP contribution in [0.3, 0.4) is 0 Å². The van der Waals surface area contributed by atoms with Crippen molar-refractivity contribution in [3.05, 3.63) is 71.8 Å². The highest BCUT2D eigenvalue weighted by Crippen LogP contribution is 2.71. The average Bonchev–Trinajstić information content (AvgIpc) is 3.48. The van der Waals surface area contributed by atoms with Crippen LogP contribution in [0.4, 0.5) is 0 Å². The normalized spacial score (nSPS) is 29.8. The minimum Gasteiger partial charge on any atom is -0.396 e. The van der Waals surface area contributed by atoms with Gasteiger partial charge in [0.1, 0.15) is 6.04 Å². The lowest BCUT2D eigenvalue weighted by molar-refractivity contribution is -0.140. The Hall–Kier alpha value is -2.84. The summed E-state index contributed by atoms with van der Waals surface area (Å²) >= 11 is 1.68. The van der Waals surface area contributed by atoms with Crippen LogP contribution < -0.4 is 10.6 Å². The number of thioether (sulfide) groups is 1. The summed E-state index contributed by atoms with van der Waals surface area (Å²) < 4.78 is -1.02. The van der Waals surface area contributed by atoms with E-state index in [-0.39, 0.29) is 24.3 Å². The number of amides is 3. The molecule has 8 heteroatoms. The van der Waals surface area contributed by atoms with Crippen molar-refractivity contribution < 1.29 is 19.5 Å². The zero-order valence-electron chi connectivity index (χ0n) is 21.2. The lowest BCUT2D eigenvalue weighted by atomic mass is 9.66. The van der Waals surface area contributed by atoms with Crippen LogP contribution in [0.2, 0.25) is 0 Å². The van der Waals surface area contributed by atoms with Crippen molar-refractivity contribution in [2.75, 3.05) is 13.2 Å². The van der Waals surface area contributed by atoms with E-state index in [0.29, 0.717) is 32.5 Å². The zero-order valence-corrected chi connectivity index (χ0v) is 22.0. The molecule has 3 fully saturated rings. The van der Waals surface area contributed by atoms with Crippen molar-refractivity contribution in [3.8, 4) is 0 Å². The molecule has 7 nitrogen and oxygen atoms in total. The monoisotopic (exact) mass is 521 g/mol. The number of aliphatic hydroxyl groups is 1. The highest BCUT2D eigenvalue weighted by molar-refractivity contribution is 8.02. The Morgan fingerprint density at radius 2 is 1.54 bits per heavy atom. The van der Waals surface area contributed by atoms with Crippen molar-refractivity contribution in [2.24, 2.45) is 11.8 Å². The van der Waals surface area contributed by atoms with Crippen LogP contribution >= 0.6 is 11.8 Å². The van der Waals surface area contributed by atoms with Gasteiger partial charge in [-0.25, -0.2) is 0 Å². The molecule has 1 spiro atoms. The fourth-order valence-electron chi connectivity index (χ4n) is 6.54. The number of carbonyl (C=O) groups is 3. The molecule has 0 aliphatic carbocycles. The van der Waals surface area contributed by atoms with E-state index in [1.54, 1.807) is 16.7 Å². The molecule has 3 aliphatic rings. The predicted octanol–water partition coefficient (Wildman–Crippen LogP) is 2.87. The summed E-state index contributed by atoms with van der Waals surface area (Å²) in [6.45, 7) is 3.32. The summed E-state index contributed by atoms with van der Waals surface area (Å²) in [6.07, 6.45) is 2.69. The van der Waals surface area contributed by atoms with Gasteiger partial charge >= 0.3 is 0 Å². The highest BCUT2D eigenvalue weighted by atomic mass is 32.2. The maximum Gasteiger partial charge on any atom is 0.244 e. The minimum atomic E-state index is -0.633. The second-order valence-electron chi connectivity index (χ2n) is 10.6. The molecule has 2 bridgehead atoms. The molecule has 3 amide bonds. The molecule has 5 atom stereocenters. The fourth-order valence-corrected chi connectivity index (χ4v) is 8.89. The zero-order chi connectivity index (χ0) is 26.0. The first-order chi connectivity index (χ1) is 17.9. The SMILES string of the molecule is C[C@@]12CCC3(S1)C(C(=O)NCc1ccccc1)N(CCCCO)C(=O)[C@@H]3[C@@H]2C(=O)NCc1ccccc1. The van der Waals surface area contributed by atoms with Crippen LogP contribution in [0.1, 0.15) is 43.7 Å². The van der Waals surface area contributed by atoms with E-state index < -0.39 is 27.4 Å². The van der Waals surface area contributed by atoms with Gasteiger partial charge in [-0.3, -0.25) is 14.4 Å². The summed E-state index contributed by atoms with van der Waals surface area (Å²) in [5.74, 6) is -1.40. The number of nitrogens with zero attached hydrogens (tertiary/aromatic N) is 1. The van der Waals surface area contributed by atoms with Gasteiger partial charge in [0.25, 0.3) is 0 Å². The van der Waals surface area contributed by atoms with E-state index in [0.717, 1.165) is 24.0 Å². The van der Waals surface area contributed by atoms with Gasteiger partial charge in [-0.2, -0.15) is 0 Å². The Morgan fingerprint density at radius 1 is 0.946 bits per heavy atom. The Kier molecular flexibility index (Phi) is 7.32. The minimum absolute atomic E-state index is 0.0405. The molecule has 5 rings (SSSR count). The van der Waals surface area contributed by atoms with Crippen LogP contribution in [-0.4, -0.2) is 56.4 Å². The molecule has 2 aromatic rings. The molecular weight excluding hydrogens is 486 g/mol. The quantitative estimate of drug-likeness (QED) is 0.418. The average molecular weight is 522 g/mol. The van der Waals surface area contributed by atoms with Gasteiger partial charge < -0.3 is 20.6 Å². The smallest absolute Gasteiger partial charge is 0.244 e. The molecule has 0 radical (unpaired) electrons. The van der Waals surface area contributed by atoms with Gasteiger partial charge in [0.05, 0.1) is 16.6 Å². The number of carbonyl (C=O) groups excluding carboxylic acids is 3. The van der Waals surface area contributed by atoms with Gasteiger partial charge in [0.15, 0.2) is 0 Å². The number of fused-ring (bicyclic) bond motifs is 1. The maximum atomic E-state index is 14.0. The Labute approximate surface area is 222 Å². The first-order valence-electron chi connectivity index (χ1n) is 13.1. The maximum absolute atomic E-state index is 14.0. The number of nitrogens with one attached hydrogen (secondary N) is 2.